The molecular formula is C8H13NO3. The molecule has 1 N–H and O–H groups in total. The van der Waals surface area contributed by atoms with Crippen molar-refractivity contribution in [2.24, 2.45) is 0 Å². The normalized spacial score (nSPS) is 10.8. The standard InChI is InChI=1S/C8H13NO3/c1-6(5-8(10)11-3)7(2)9-12-4/h5,9H,2H2,1,3-4H3. The van der Waals surface area contributed by atoms with E-state index in [0.717, 1.165) is 0 Å². The third-order valence-electron chi connectivity index (χ3n) is 1.24. The molecule has 0 aromatic heterocycles. The maximum absolute atomic E-state index is 10.7. The van der Waals surface area contributed by atoms with Crippen LogP contribution in [0.1, 0.15) is 6.92 Å². The van der Waals surface area contributed by atoms with Crippen LogP contribution in [0.5, 0.6) is 0 Å². The van der Waals surface area contributed by atoms with Gasteiger partial charge in [-0.1, -0.05) is 6.58 Å². The van der Waals surface area contributed by atoms with Crippen molar-refractivity contribution in [3.8, 4) is 0 Å². The summed E-state index contributed by atoms with van der Waals surface area (Å²) >= 11 is 0. The lowest BCUT2D eigenvalue weighted by Crippen LogP contribution is -2.11. The SMILES string of the molecule is C=C(NOC)C(C)=CC(=O)OC. The van der Waals surface area contributed by atoms with Crippen molar-refractivity contribution in [2.45, 2.75) is 6.92 Å². The number of carbonyl (C=O) groups excluding carboxylic acids is 1. The van der Waals surface area contributed by atoms with E-state index in [0.29, 0.717) is 11.3 Å². The molecule has 0 rings (SSSR count). The molecule has 12 heavy (non-hydrogen) atoms. The molecule has 0 aliphatic heterocycles. The Labute approximate surface area is 71.8 Å². The number of esters is 1. The first-order chi connectivity index (χ1) is 5.61. The summed E-state index contributed by atoms with van der Waals surface area (Å²) < 4.78 is 4.42. The van der Waals surface area contributed by atoms with Crippen molar-refractivity contribution < 1.29 is 14.4 Å². The van der Waals surface area contributed by atoms with Gasteiger partial charge in [0.15, 0.2) is 0 Å². The number of rotatable bonds is 4. The van der Waals surface area contributed by atoms with Crippen LogP contribution < -0.4 is 5.48 Å². The Balaban J connectivity index is 4.17. The van der Waals surface area contributed by atoms with Gasteiger partial charge in [-0.3, -0.25) is 10.3 Å². The number of methoxy groups -OCH3 is 1. The van der Waals surface area contributed by atoms with Gasteiger partial charge in [-0.25, -0.2) is 4.79 Å². The Kier molecular flexibility index (Phi) is 4.79. The van der Waals surface area contributed by atoms with E-state index < -0.39 is 5.97 Å². The van der Waals surface area contributed by atoms with E-state index in [-0.39, 0.29) is 0 Å². The highest BCUT2D eigenvalue weighted by molar-refractivity contribution is 5.83. The van der Waals surface area contributed by atoms with E-state index in [1.165, 1.54) is 20.3 Å². The molecule has 0 spiro atoms. The minimum absolute atomic E-state index is 0.411. The average Bonchev–Trinajstić information content (AvgIpc) is 2.04. The summed E-state index contributed by atoms with van der Waals surface area (Å²) in [5.41, 5.74) is 3.70. The maximum Gasteiger partial charge on any atom is 0.330 e. The van der Waals surface area contributed by atoms with Gasteiger partial charge in [0.05, 0.1) is 19.9 Å². The van der Waals surface area contributed by atoms with Crippen LogP contribution in [0.2, 0.25) is 0 Å². The van der Waals surface area contributed by atoms with Crippen LogP contribution in [0.3, 0.4) is 0 Å². The summed E-state index contributed by atoms with van der Waals surface area (Å²) in [6.45, 7) is 5.35. The van der Waals surface area contributed by atoms with Gasteiger partial charge >= 0.3 is 5.97 Å². The molecule has 0 amide bonds. The van der Waals surface area contributed by atoms with Crippen LogP contribution in [0.15, 0.2) is 23.9 Å². The Hall–Kier alpha value is -1.29. The van der Waals surface area contributed by atoms with E-state index in [4.69, 9.17) is 0 Å². The Morgan fingerprint density at radius 2 is 2.08 bits per heavy atom. The summed E-state index contributed by atoms with van der Waals surface area (Å²) in [7, 11) is 2.79. The lowest BCUT2D eigenvalue weighted by Gasteiger charge is -2.05. The Morgan fingerprint density at radius 3 is 2.50 bits per heavy atom. The molecule has 0 bridgehead atoms. The summed E-state index contributed by atoms with van der Waals surface area (Å²) in [6.07, 6.45) is 1.33. The van der Waals surface area contributed by atoms with Crippen LogP contribution >= 0.6 is 0 Å². The van der Waals surface area contributed by atoms with Gasteiger partial charge in [0.25, 0.3) is 0 Å². The predicted octanol–water partition coefficient (Wildman–Crippen LogP) is 0.770. The fourth-order valence-electron chi connectivity index (χ4n) is 0.527. The number of allylic oxidation sites excluding steroid dienone is 1. The van der Waals surface area contributed by atoms with Crippen molar-refractivity contribution >= 4 is 5.97 Å². The van der Waals surface area contributed by atoms with Crippen LogP contribution in [0, 0.1) is 0 Å². The van der Waals surface area contributed by atoms with Gasteiger partial charge in [0.2, 0.25) is 0 Å². The van der Waals surface area contributed by atoms with E-state index >= 15 is 0 Å². The first-order valence-electron chi connectivity index (χ1n) is 3.36. The second-order valence-corrected chi connectivity index (χ2v) is 2.14. The Morgan fingerprint density at radius 1 is 1.50 bits per heavy atom. The molecule has 0 fully saturated rings. The third-order valence-corrected chi connectivity index (χ3v) is 1.24. The molecule has 0 unspecified atom stereocenters. The Bertz CT molecular complexity index is 208. The smallest absolute Gasteiger partial charge is 0.330 e. The van der Waals surface area contributed by atoms with E-state index in [9.17, 15) is 4.79 Å². The van der Waals surface area contributed by atoms with Crippen molar-refractivity contribution in [1.29, 1.82) is 0 Å². The lowest BCUT2D eigenvalue weighted by atomic mass is 10.2. The number of carbonyl (C=O) groups is 1. The van der Waals surface area contributed by atoms with Gasteiger partial charge < -0.3 is 4.74 Å². The second kappa shape index (κ2) is 5.37. The summed E-state index contributed by atoms with van der Waals surface area (Å²) in [4.78, 5) is 15.3. The molecule has 0 heterocycles. The van der Waals surface area contributed by atoms with Crippen molar-refractivity contribution in [1.82, 2.24) is 5.48 Å². The minimum Gasteiger partial charge on any atom is -0.466 e. The largest absolute Gasteiger partial charge is 0.466 e. The molecule has 0 aromatic carbocycles. The third kappa shape index (κ3) is 3.78. The fraction of sp³-hybridized carbons (Fsp3) is 0.375. The first-order valence-corrected chi connectivity index (χ1v) is 3.36. The van der Waals surface area contributed by atoms with Gasteiger partial charge in [-0.05, 0) is 12.5 Å². The quantitative estimate of drug-likeness (QED) is 0.294. The van der Waals surface area contributed by atoms with Crippen molar-refractivity contribution in [3.05, 3.63) is 23.9 Å². The van der Waals surface area contributed by atoms with Crippen molar-refractivity contribution in [2.75, 3.05) is 14.2 Å². The van der Waals surface area contributed by atoms with E-state index in [1.54, 1.807) is 6.92 Å². The average molecular weight is 171 g/mol. The summed E-state index contributed by atoms with van der Waals surface area (Å²) in [5.74, 6) is -0.411. The van der Waals surface area contributed by atoms with Crippen LogP contribution in [-0.4, -0.2) is 20.2 Å². The van der Waals surface area contributed by atoms with Crippen LogP contribution in [-0.2, 0) is 14.4 Å². The minimum atomic E-state index is -0.411. The molecule has 0 saturated carbocycles. The first kappa shape index (κ1) is 10.7. The highest BCUT2D eigenvalue weighted by Gasteiger charge is 1.99. The molecule has 0 aliphatic rings. The summed E-state index contributed by atoms with van der Waals surface area (Å²) in [5, 5.41) is 0. The topological polar surface area (TPSA) is 47.6 Å². The summed E-state index contributed by atoms with van der Waals surface area (Å²) in [6, 6.07) is 0. The molecule has 0 saturated heterocycles. The zero-order valence-electron chi connectivity index (χ0n) is 7.51. The zero-order chi connectivity index (χ0) is 9.56. The molecule has 0 aromatic rings. The van der Waals surface area contributed by atoms with Crippen LogP contribution in [0.4, 0.5) is 0 Å². The van der Waals surface area contributed by atoms with Gasteiger partial charge in [0.1, 0.15) is 0 Å². The maximum atomic E-state index is 10.7. The second-order valence-electron chi connectivity index (χ2n) is 2.14. The highest BCUT2D eigenvalue weighted by Crippen LogP contribution is 2.02. The van der Waals surface area contributed by atoms with E-state index in [1.807, 2.05) is 0 Å². The molecule has 4 nitrogen and oxygen atoms in total. The number of hydroxylamine groups is 1. The molecular weight excluding hydrogens is 158 g/mol. The zero-order valence-corrected chi connectivity index (χ0v) is 7.51. The molecule has 0 radical (unpaired) electrons. The van der Waals surface area contributed by atoms with Crippen LogP contribution in [0.25, 0.3) is 0 Å². The fourth-order valence-corrected chi connectivity index (χ4v) is 0.527. The van der Waals surface area contributed by atoms with E-state index in [2.05, 4.69) is 21.6 Å². The molecule has 0 aliphatic carbocycles. The monoisotopic (exact) mass is 171 g/mol. The number of hydrogen-bond donors (Lipinski definition) is 1. The molecule has 4 heteroatoms. The number of nitrogens with one attached hydrogen (secondary N) is 1. The van der Waals surface area contributed by atoms with Gasteiger partial charge in [-0.2, -0.15) is 0 Å². The van der Waals surface area contributed by atoms with Gasteiger partial charge in [0, 0.05) is 6.08 Å². The molecule has 0 atom stereocenters. The van der Waals surface area contributed by atoms with Crippen molar-refractivity contribution in [3.63, 3.8) is 0 Å². The lowest BCUT2D eigenvalue weighted by molar-refractivity contribution is -0.134. The highest BCUT2D eigenvalue weighted by atomic mass is 16.6. The predicted molar refractivity (Wildman–Crippen MR) is 45.1 cm³/mol. The number of hydrogen-bond acceptors (Lipinski definition) is 4. The number of ether oxygens (including phenoxy) is 1. The van der Waals surface area contributed by atoms with Gasteiger partial charge in [-0.15, -0.1) is 0 Å². The molecule has 68 valence electrons.